The number of ether oxygens (including phenoxy) is 4. The van der Waals surface area contributed by atoms with Crippen LogP contribution >= 0.6 is 0 Å². The fourth-order valence-corrected chi connectivity index (χ4v) is 5.87. The second-order valence-corrected chi connectivity index (χ2v) is 15.4. The van der Waals surface area contributed by atoms with E-state index < -0.39 is 66.1 Å². The average molecular weight is 802 g/mol. The van der Waals surface area contributed by atoms with Gasteiger partial charge in [0, 0.05) is 6.42 Å². The summed E-state index contributed by atoms with van der Waals surface area (Å²) in [6, 6.07) is 23.8. The quantitative estimate of drug-likeness (QED) is 0.0782. The van der Waals surface area contributed by atoms with Gasteiger partial charge in [0.15, 0.2) is 6.10 Å². The predicted octanol–water partition coefficient (Wildman–Crippen LogP) is 6.22. The number of hydrogen-bond acceptors (Lipinski definition) is 10. The van der Waals surface area contributed by atoms with Crippen LogP contribution in [0, 0.1) is 17.8 Å². The largest absolute Gasteiger partial charge is 0.459 e. The molecule has 13 heteroatoms. The zero-order valence-corrected chi connectivity index (χ0v) is 34.6. The van der Waals surface area contributed by atoms with Crippen LogP contribution in [0.4, 0.5) is 4.79 Å². The lowest BCUT2D eigenvalue weighted by atomic mass is 10.0. The molecule has 0 saturated carbocycles. The summed E-state index contributed by atoms with van der Waals surface area (Å²) in [5, 5.41) is 7.96. The molecule has 3 N–H and O–H groups in total. The maximum atomic E-state index is 13.9. The maximum absolute atomic E-state index is 13.9. The highest BCUT2D eigenvalue weighted by atomic mass is 16.6. The number of alkyl carbamates (subject to hydrolysis) is 1. The van der Waals surface area contributed by atoms with E-state index in [1.165, 1.54) is 0 Å². The number of nitrogens with one attached hydrogen (secondary N) is 3. The lowest BCUT2D eigenvalue weighted by Gasteiger charge is -2.27. The van der Waals surface area contributed by atoms with E-state index in [4.69, 9.17) is 18.9 Å². The fraction of sp³-hybridized carbons (Fsp3) is 0.467. The lowest BCUT2D eigenvalue weighted by Crippen LogP contribution is -2.54. The molecule has 0 aliphatic carbocycles. The molecule has 0 spiro atoms. The minimum Gasteiger partial charge on any atom is -0.459 e. The van der Waals surface area contributed by atoms with E-state index in [9.17, 15) is 28.8 Å². The molecule has 0 heterocycles. The molecule has 0 radical (unpaired) electrons. The number of benzene rings is 3. The average Bonchev–Trinajstić information content (AvgIpc) is 3.19. The molecule has 3 aromatic rings. The van der Waals surface area contributed by atoms with Gasteiger partial charge in [-0.15, -0.1) is 0 Å². The van der Waals surface area contributed by atoms with Gasteiger partial charge in [0.25, 0.3) is 5.91 Å². The number of carbonyl (C=O) groups excluding carboxylic acids is 6. The van der Waals surface area contributed by atoms with Crippen molar-refractivity contribution >= 4 is 35.8 Å². The Bertz CT molecular complexity index is 1750. The van der Waals surface area contributed by atoms with Crippen LogP contribution in [0.3, 0.4) is 0 Å². The molecular formula is C45H59N3O10. The molecule has 0 fully saturated rings. The van der Waals surface area contributed by atoms with E-state index in [1.807, 2.05) is 76.2 Å². The third-order valence-electron chi connectivity index (χ3n) is 9.00. The van der Waals surface area contributed by atoms with Crippen molar-refractivity contribution in [2.24, 2.45) is 17.8 Å². The first-order chi connectivity index (χ1) is 27.7. The summed E-state index contributed by atoms with van der Waals surface area (Å²) in [7, 11) is 0. The van der Waals surface area contributed by atoms with E-state index in [0.29, 0.717) is 5.56 Å². The van der Waals surface area contributed by atoms with Crippen LogP contribution in [-0.4, -0.2) is 66.1 Å². The maximum Gasteiger partial charge on any atom is 0.408 e. The van der Waals surface area contributed by atoms with Crippen LogP contribution < -0.4 is 16.0 Å². The van der Waals surface area contributed by atoms with Crippen LogP contribution in [-0.2, 0) is 62.6 Å². The highest BCUT2D eigenvalue weighted by Crippen LogP contribution is 2.17. The number of hydrogen-bond donors (Lipinski definition) is 3. The van der Waals surface area contributed by atoms with Crippen molar-refractivity contribution in [1.29, 1.82) is 0 Å². The van der Waals surface area contributed by atoms with Gasteiger partial charge in [-0.1, -0.05) is 139 Å². The van der Waals surface area contributed by atoms with Crippen molar-refractivity contribution < 1.29 is 47.7 Å². The van der Waals surface area contributed by atoms with Crippen LogP contribution in [0.2, 0.25) is 0 Å². The third-order valence-corrected chi connectivity index (χ3v) is 9.00. The predicted molar refractivity (Wildman–Crippen MR) is 218 cm³/mol. The monoisotopic (exact) mass is 801 g/mol. The Morgan fingerprint density at radius 2 is 1.00 bits per heavy atom. The molecule has 314 valence electrons. The van der Waals surface area contributed by atoms with Gasteiger partial charge >= 0.3 is 24.0 Å². The Hall–Kier alpha value is -5.72. The number of amides is 3. The lowest BCUT2D eigenvalue weighted by molar-refractivity contribution is -0.175. The Kier molecular flexibility index (Phi) is 19.4. The highest BCUT2D eigenvalue weighted by Gasteiger charge is 2.36. The van der Waals surface area contributed by atoms with Crippen molar-refractivity contribution in [3.8, 4) is 0 Å². The number of esters is 3. The van der Waals surface area contributed by atoms with Crippen molar-refractivity contribution in [3.05, 3.63) is 108 Å². The van der Waals surface area contributed by atoms with Gasteiger partial charge in [0.2, 0.25) is 12.0 Å². The molecule has 3 rings (SSSR count). The second-order valence-electron chi connectivity index (χ2n) is 15.4. The standard InChI is InChI=1S/C45H59N3O10/c1-8-35(46-41(50)39(31(6)7)48-45(54)56-28-34-22-16-11-17-23-34)43(52)58-38(26-32-18-12-9-13-19-32)44(53)57-37(25-30(4)5)40(49)47-36(24-29(2)3)42(51)55-27-33-20-14-10-15-21-33/h9-23,29-31,35-39H,8,24-28H2,1-7H3,(H,46,50)(H,47,49)(H,48,54)/t35-,36-,37+,38+,39+/m1/s1. The summed E-state index contributed by atoms with van der Waals surface area (Å²) in [5.41, 5.74) is 2.21. The van der Waals surface area contributed by atoms with E-state index in [-0.39, 0.29) is 56.7 Å². The zero-order valence-electron chi connectivity index (χ0n) is 34.6. The third kappa shape index (κ3) is 16.4. The molecule has 58 heavy (non-hydrogen) atoms. The summed E-state index contributed by atoms with van der Waals surface area (Å²) in [6.45, 7) is 12.7. The highest BCUT2D eigenvalue weighted by molar-refractivity contribution is 5.91. The van der Waals surface area contributed by atoms with Crippen LogP contribution in [0.15, 0.2) is 91.0 Å². The van der Waals surface area contributed by atoms with Gasteiger partial charge < -0.3 is 34.9 Å². The number of rotatable bonds is 22. The van der Waals surface area contributed by atoms with Crippen LogP contribution in [0.1, 0.15) is 84.4 Å². The zero-order chi connectivity index (χ0) is 42.6. The first-order valence-electron chi connectivity index (χ1n) is 19.9. The molecule has 0 aromatic heterocycles. The summed E-state index contributed by atoms with van der Waals surface area (Å²) in [5.74, 6) is -4.32. The minimum atomic E-state index is -1.50. The van der Waals surface area contributed by atoms with Crippen LogP contribution in [0.5, 0.6) is 0 Å². The topological polar surface area (TPSA) is 175 Å². The molecule has 5 atom stereocenters. The molecule has 0 aliphatic heterocycles. The van der Waals surface area contributed by atoms with Gasteiger partial charge in [-0.3, -0.25) is 9.59 Å². The first-order valence-corrected chi connectivity index (χ1v) is 19.9. The van der Waals surface area contributed by atoms with Gasteiger partial charge in [0.05, 0.1) is 0 Å². The molecule has 0 bridgehead atoms. The van der Waals surface area contributed by atoms with Crippen molar-refractivity contribution in [2.75, 3.05) is 0 Å². The van der Waals surface area contributed by atoms with E-state index in [1.54, 1.807) is 63.2 Å². The fourth-order valence-electron chi connectivity index (χ4n) is 5.87. The van der Waals surface area contributed by atoms with Gasteiger partial charge in [-0.25, -0.2) is 19.2 Å². The van der Waals surface area contributed by atoms with Crippen molar-refractivity contribution in [3.63, 3.8) is 0 Å². The first kappa shape index (κ1) is 46.7. The molecule has 3 aromatic carbocycles. The Morgan fingerprint density at radius 3 is 1.50 bits per heavy atom. The van der Waals surface area contributed by atoms with Crippen molar-refractivity contribution in [1.82, 2.24) is 16.0 Å². The van der Waals surface area contributed by atoms with E-state index >= 15 is 0 Å². The normalized spacial score (nSPS) is 13.7. The molecular weight excluding hydrogens is 743 g/mol. The van der Waals surface area contributed by atoms with Gasteiger partial charge in [0.1, 0.15) is 31.3 Å². The molecule has 0 unspecified atom stereocenters. The van der Waals surface area contributed by atoms with Crippen LogP contribution in [0.25, 0.3) is 0 Å². The summed E-state index contributed by atoms with van der Waals surface area (Å²) in [6.07, 6.45) is -3.24. The molecule has 3 amide bonds. The second kappa shape index (κ2) is 24.1. The summed E-state index contributed by atoms with van der Waals surface area (Å²) in [4.78, 5) is 80.7. The van der Waals surface area contributed by atoms with E-state index in [0.717, 1.165) is 11.1 Å². The van der Waals surface area contributed by atoms with E-state index in [2.05, 4.69) is 16.0 Å². The number of carbonyl (C=O) groups is 6. The van der Waals surface area contributed by atoms with Gasteiger partial charge in [-0.2, -0.15) is 0 Å². The molecule has 0 aliphatic rings. The summed E-state index contributed by atoms with van der Waals surface area (Å²) >= 11 is 0. The molecule has 0 saturated heterocycles. The van der Waals surface area contributed by atoms with Gasteiger partial charge in [-0.05, 0) is 53.7 Å². The Morgan fingerprint density at radius 1 is 0.517 bits per heavy atom. The summed E-state index contributed by atoms with van der Waals surface area (Å²) < 4.78 is 22.4. The minimum absolute atomic E-state index is 0.00142. The Balaban J connectivity index is 1.75. The SMILES string of the molecule is CC[C@@H](NC(=O)[C@@H](NC(=O)OCc1ccccc1)C(C)C)C(=O)O[C@@H](Cc1ccccc1)C(=O)O[C@@H](CC(C)C)C(=O)N[C@H](CC(C)C)C(=O)OCc1ccccc1. The Labute approximate surface area is 341 Å². The smallest absolute Gasteiger partial charge is 0.408 e. The van der Waals surface area contributed by atoms with Crippen molar-refractivity contribution in [2.45, 2.75) is 118 Å². The molecule has 13 nitrogen and oxygen atoms in total.